The molecule has 0 unspecified atom stereocenters. The van der Waals surface area contributed by atoms with Gasteiger partial charge in [0.05, 0.1) is 11.3 Å². The molecule has 134 valence electrons. The van der Waals surface area contributed by atoms with E-state index in [1.807, 2.05) is 37.3 Å². The Labute approximate surface area is 153 Å². The van der Waals surface area contributed by atoms with Gasteiger partial charge >= 0.3 is 0 Å². The lowest BCUT2D eigenvalue weighted by atomic mass is 10.1. The van der Waals surface area contributed by atoms with Gasteiger partial charge in [-0.25, -0.2) is 0 Å². The molecule has 1 aliphatic heterocycles. The number of aryl methyl sites for hydroxylation is 1. The van der Waals surface area contributed by atoms with Crippen molar-refractivity contribution in [3.05, 3.63) is 53.6 Å². The van der Waals surface area contributed by atoms with Crippen molar-refractivity contribution in [3.8, 4) is 11.8 Å². The smallest absolute Gasteiger partial charge is 0.260 e. The predicted molar refractivity (Wildman–Crippen MR) is 101 cm³/mol. The van der Waals surface area contributed by atoms with E-state index < -0.39 is 0 Å². The Bertz CT molecular complexity index is 819. The van der Waals surface area contributed by atoms with Crippen molar-refractivity contribution in [1.82, 2.24) is 4.90 Å². The van der Waals surface area contributed by atoms with Gasteiger partial charge in [0.1, 0.15) is 11.8 Å². The van der Waals surface area contributed by atoms with Gasteiger partial charge in [-0.15, -0.1) is 0 Å². The summed E-state index contributed by atoms with van der Waals surface area (Å²) in [7, 11) is 0. The van der Waals surface area contributed by atoms with Gasteiger partial charge in [-0.3, -0.25) is 4.79 Å². The van der Waals surface area contributed by atoms with Crippen LogP contribution in [0, 0.1) is 18.3 Å². The van der Waals surface area contributed by atoms with Crippen LogP contribution in [-0.2, 0) is 4.79 Å². The van der Waals surface area contributed by atoms with Crippen LogP contribution in [0.4, 0.5) is 11.4 Å². The molecule has 1 saturated heterocycles. The molecule has 0 atom stereocenters. The van der Waals surface area contributed by atoms with E-state index >= 15 is 0 Å². The molecule has 0 aliphatic carbocycles. The maximum atomic E-state index is 12.4. The van der Waals surface area contributed by atoms with Crippen LogP contribution in [0.3, 0.4) is 0 Å². The molecule has 26 heavy (non-hydrogen) atoms. The van der Waals surface area contributed by atoms with Gasteiger partial charge in [0.15, 0.2) is 6.61 Å². The number of nitrogens with two attached hydrogens (primary N) is 1. The lowest BCUT2D eigenvalue weighted by Gasteiger charge is -2.36. The van der Waals surface area contributed by atoms with E-state index in [-0.39, 0.29) is 12.5 Å². The zero-order chi connectivity index (χ0) is 18.5. The molecule has 2 aromatic carbocycles. The molecule has 0 radical (unpaired) electrons. The minimum Gasteiger partial charge on any atom is -0.484 e. The summed E-state index contributed by atoms with van der Waals surface area (Å²) in [4.78, 5) is 16.3. The number of carbonyl (C=O) groups is 1. The Balaban J connectivity index is 1.54. The lowest BCUT2D eigenvalue weighted by Crippen LogP contribution is -2.50. The number of piperazine rings is 1. The molecule has 2 N–H and O–H groups in total. The number of nitrogens with zero attached hydrogens (tertiary/aromatic N) is 3. The highest BCUT2D eigenvalue weighted by Crippen LogP contribution is 2.23. The maximum Gasteiger partial charge on any atom is 0.260 e. The number of carbonyl (C=O) groups excluding carboxylic acids is 1. The monoisotopic (exact) mass is 350 g/mol. The van der Waals surface area contributed by atoms with Gasteiger partial charge in [0.25, 0.3) is 5.91 Å². The normalized spacial score (nSPS) is 14.0. The molecule has 0 spiro atoms. The van der Waals surface area contributed by atoms with Crippen LogP contribution in [0.2, 0.25) is 0 Å². The van der Waals surface area contributed by atoms with E-state index in [2.05, 4.69) is 11.0 Å². The molecule has 1 heterocycles. The second-order valence-electron chi connectivity index (χ2n) is 6.36. The van der Waals surface area contributed by atoms with Crippen molar-refractivity contribution >= 4 is 17.3 Å². The molecular formula is C20H22N4O2. The first-order chi connectivity index (χ1) is 12.6. The van der Waals surface area contributed by atoms with Crippen LogP contribution >= 0.6 is 0 Å². The summed E-state index contributed by atoms with van der Waals surface area (Å²) in [5, 5.41) is 9.30. The minimum atomic E-state index is -0.0250. The average Bonchev–Trinajstić information content (AvgIpc) is 2.67. The third-order valence-electron chi connectivity index (χ3n) is 4.50. The highest BCUT2D eigenvalue weighted by Gasteiger charge is 2.23. The van der Waals surface area contributed by atoms with Crippen molar-refractivity contribution in [2.75, 3.05) is 43.4 Å². The van der Waals surface area contributed by atoms with E-state index in [4.69, 9.17) is 10.5 Å². The fraction of sp³-hybridized carbons (Fsp3) is 0.300. The first-order valence-electron chi connectivity index (χ1n) is 8.58. The summed E-state index contributed by atoms with van der Waals surface area (Å²) in [6.45, 7) is 4.60. The predicted octanol–water partition coefficient (Wildman–Crippen LogP) is 2.18. The number of anilines is 2. The molecule has 1 amide bonds. The number of hydrogen-bond donors (Lipinski definition) is 1. The summed E-state index contributed by atoms with van der Waals surface area (Å²) >= 11 is 0. The van der Waals surface area contributed by atoms with Crippen molar-refractivity contribution in [1.29, 1.82) is 5.26 Å². The summed E-state index contributed by atoms with van der Waals surface area (Å²) in [6.07, 6.45) is 0. The Morgan fingerprint density at radius 2 is 1.85 bits per heavy atom. The van der Waals surface area contributed by atoms with E-state index in [1.54, 1.807) is 17.0 Å². The minimum absolute atomic E-state index is 0.0250. The molecule has 6 nitrogen and oxygen atoms in total. The number of ether oxygens (including phenoxy) is 1. The van der Waals surface area contributed by atoms with E-state index in [1.165, 1.54) is 0 Å². The van der Waals surface area contributed by atoms with Crippen molar-refractivity contribution in [3.63, 3.8) is 0 Å². The fourth-order valence-corrected chi connectivity index (χ4v) is 2.99. The van der Waals surface area contributed by atoms with Crippen LogP contribution in [0.25, 0.3) is 0 Å². The molecular weight excluding hydrogens is 328 g/mol. The Morgan fingerprint density at radius 1 is 1.15 bits per heavy atom. The Morgan fingerprint density at radius 3 is 2.50 bits per heavy atom. The number of amides is 1. The average molecular weight is 350 g/mol. The zero-order valence-corrected chi connectivity index (χ0v) is 14.8. The number of hydrogen-bond acceptors (Lipinski definition) is 5. The summed E-state index contributed by atoms with van der Waals surface area (Å²) in [5.41, 5.74) is 8.90. The first-order valence-corrected chi connectivity index (χ1v) is 8.58. The van der Waals surface area contributed by atoms with Crippen LogP contribution in [-0.4, -0.2) is 43.6 Å². The quantitative estimate of drug-likeness (QED) is 0.855. The number of nitriles is 1. The molecule has 1 fully saturated rings. The zero-order valence-electron chi connectivity index (χ0n) is 14.8. The number of rotatable bonds is 4. The largest absolute Gasteiger partial charge is 0.484 e. The SMILES string of the molecule is Cc1ccc(OCC(=O)N2CCN(c3ccc(N)cc3C#N)CC2)cc1. The van der Waals surface area contributed by atoms with Crippen LogP contribution in [0.1, 0.15) is 11.1 Å². The maximum absolute atomic E-state index is 12.4. The first kappa shape index (κ1) is 17.6. The van der Waals surface area contributed by atoms with Gasteiger partial charge in [-0.2, -0.15) is 5.26 Å². The summed E-state index contributed by atoms with van der Waals surface area (Å²) in [5.74, 6) is 0.672. The van der Waals surface area contributed by atoms with E-state index in [0.29, 0.717) is 43.2 Å². The van der Waals surface area contributed by atoms with Gasteiger partial charge in [0, 0.05) is 31.9 Å². The standard InChI is InChI=1S/C20H22N4O2/c1-15-2-5-18(6-3-15)26-14-20(25)24-10-8-23(9-11-24)19-7-4-17(22)12-16(19)13-21/h2-7,12H,8-11,14,22H2,1H3. The third-order valence-corrected chi connectivity index (χ3v) is 4.50. The topological polar surface area (TPSA) is 82.6 Å². The Kier molecular flexibility index (Phi) is 5.28. The second kappa shape index (κ2) is 7.79. The number of benzene rings is 2. The fourth-order valence-electron chi connectivity index (χ4n) is 2.99. The lowest BCUT2D eigenvalue weighted by molar-refractivity contribution is -0.133. The summed E-state index contributed by atoms with van der Waals surface area (Å²) < 4.78 is 5.58. The number of nitrogen functional groups attached to an aromatic ring is 1. The second-order valence-corrected chi connectivity index (χ2v) is 6.36. The highest BCUT2D eigenvalue weighted by molar-refractivity contribution is 5.78. The van der Waals surface area contributed by atoms with Gasteiger partial charge in [0.2, 0.25) is 0 Å². The Hall–Kier alpha value is -3.20. The van der Waals surface area contributed by atoms with Gasteiger partial charge in [-0.1, -0.05) is 17.7 Å². The highest BCUT2D eigenvalue weighted by atomic mass is 16.5. The molecule has 0 bridgehead atoms. The van der Waals surface area contributed by atoms with Crippen LogP contribution < -0.4 is 15.4 Å². The molecule has 2 aromatic rings. The molecule has 0 saturated carbocycles. The van der Waals surface area contributed by atoms with Gasteiger partial charge < -0.3 is 20.3 Å². The van der Waals surface area contributed by atoms with Crippen molar-refractivity contribution in [2.45, 2.75) is 6.92 Å². The molecule has 6 heteroatoms. The summed E-state index contributed by atoms with van der Waals surface area (Å²) in [6, 6.07) is 15.2. The third kappa shape index (κ3) is 4.06. The molecule has 0 aromatic heterocycles. The van der Waals surface area contributed by atoms with Crippen LogP contribution in [0.5, 0.6) is 5.75 Å². The van der Waals surface area contributed by atoms with Crippen molar-refractivity contribution in [2.24, 2.45) is 0 Å². The van der Waals surface area contributed by atoms with E-state index in [0.717, 1.165) is 11.3 Å². The molecule has 3 rings (SSSR count). The van der Waals surface area contributed by atoms with Crippen LogP contribution in [0.15, 0.2) is 42.5 Å². The van der Waals surface area contributed by atoms with Crippen molar-refractivity contribution < 1.29 is 9.53 Å². The van der Waals surface area contributed by atoms with E-state index in [9.17, 15) is 10.1 Å². The molecule has 1 aliphatic rings. The van der Waals surface area contributed by atoms with Gasteiger partial charge in [-0.05, 0) is 37.3 Å².